The third kappa shape index (κ3) is 5.98. The molecule has 0 aliphatic carbocycles. The Morgan fingerprint density at radius 3 is 2.62 bits per heavy atom. The molecule has 2 aromatic carbocycles. The standard InChI is InChI=1S/C18H22FN3O2/c1-13(18(20)23)22-12-21-10-14-5-7-17(8-6-14)24-11-15-3-2-4-16(19)9-15/h2-9,13,21-22H,10-12H2,1H3,(H2,20,23). The summed E-state index contributed by atoms with van der Waals surface area (Å²) in [5, 5.41) is 6.14. The maximum Gasteiger partial charge on any atom is 0.234 e. The van der Waals surface area contributed by atoms with E-state index >= 15 is 0 Å². The quantitative estimate of drug-likeness (QED) is 0.485. The minimum absolute atomic E-state index is 0.267. The molecule has 2 rings (SSSR count). The first-order valence-corrected chi connectivity index (χ1v) is 7.74. The number of rotatable bonds is 9. The predicted octanol–water partition coefficient (Wildman–Crippen LogP) is 1.92. The summed E-state index contributed by atoms with van der Waals surface area (Å²) in [5.41, 5.74) is 7.03. The van der Waals surface area contributed by atoms with E-state index in [1.165, 1.54) is 12.1 Å². The molecule has 0 radical (unpaired) electrons. The van der Waals surface area contributed by atoms with Gasteiger partial charge >= 0.3 is 0 Å². The number of carbonyl (C=O) groups is 1. The number of nitrogens with one attached hydrogen (secondary N) is 2. The third-order valence-electron chi connectivity index (χ3n) is 3.51. The van der Waals surface area contributed by atoms with Gasteiger partial charge in [-0.15, -0.1) is 0 Å². The molecule has 0 saturated carbocycles. The first-order valence-electron chi connectivity index (χ1n) is 7.74. The third-order valence-corrected chi connectivity index (χ3v) is 3.51. The molecule has 1 unspecified atom stereocenters. The van der Waals surface area contributed by atoms with Gasteiger partial charge in [0, 0.05) is 13.2 Å². The summed E-state index contributed by atoms with van der Waals surface area (Å²) in [7, 11) is 0. The SMILES string of the molecule is CC(NCNCc1ccc(OCc2cccc(F)c2)cc1)C(N)=O. The van der Waals surface area contributed by atoms with Crippen LogP contribution in [0, 0.1) is 5.82 Å². The van der Waals surface area contributed by atoms with Gasteiger partial charge < -0.3 is 15.8 Å². The zero-order valence-corrected chi connectivity index (χ0v) is 13.6. The minimum atomic E-state index is -0.378. The average Bonchev–Trinajstić information content (AvgIpc) is 2.57. The molecule has 0 fully saturated rings. The lowest BCUT2D eigenvalue weighted by atomic mass is 10.2. The Kier molecular flexibility index (Phi) is 6.72. The Morgan fingerprint density at radius 2 is 1.96 bits per heavy atom. The maximum absolute atomic E-state index is 13.1. The fourth-order valence-corrected chi connectivity index (χ4v) is 2.03. The Hall–Kier alpha value is -2.44. The van der Waals surface area contributed by atoms with E-state index in [2.05, 4.69) is 10.6 Å². The van der Waals surface area contributed by atoms with E-state index in [-0.39, 0.29) is 17.8 Å². The highest BCUT2D eigenvalue weighted by molar-refractivity contribution is 5.79. The Labute approximate surface area is 141 Å². The van der Waals surface area contributed by atoms with Gasteiger partial charge in [0.25, 0.3) is 0 Å². The van der Waals surface area contributed by atoms with Crippen molar-refractivity contribution in [1.29, 1.82) is 0 Å². The van der Waals surface area contributed by atoms with Crippen molar-refractivity contribution in [3.63, 3.8) is 0 Å². The molecule has 6 heteroatoms. The smallest absolute Gasteiger partial charge is 0.234 e. The van der Waals surface area contributed by atoms with Crippen LogP contribution in [0.25, 0.3) is 0 Å². The molecule has 0 aliphatic rings. The fourth-order valence-electron chi connectivity index (χ4n) is 2.03. The van der Waals surface area contributed by atoms with Gasteiger partial charge in [0.1, 0.15) is 18.2 Å². The number of halogens is 1. The molecule has 4 N–H and O–H groups in total. The Balaban J connectivity index is 1.73. The summed E-state index contributed by atoms with van der Waals surface area (Å²) in [6.07, 6.45) is 0. The summed E-state index contributed by atoms with van der Waals surface area (Å²) < 4.78 is 18.7. The van der Waals surface area contributed by atoms with Crippen molar-refractivity contribution in [2.45, 2.75) is 26.1 Å². The lowest BCUT2D eigenvalue weighted by Gasteiger charge is -2.11. The van der Waals surface area contributed by atoms with Gasteiger partial charge in [-0.1, -0.05) is 24.3 Å². The number of hydrogen-bond acceptors (Lipinski definition) is 4. The maximum atomic E-state index is 13.1. The first-order chi connectivity index (χ1) is 11.5. The van der Waals surface area contributed by atoms with Crippen molar-refractivity contribution in [2.75, 3.05) is 6.67 Å². The van der Waals surface area contributed by atoms with Crippen molar-refractivity contribution < 1.29 is 13.9 Å². The molecule has 1 amide bonds. The normalized spacial score (nSPS) is 11.9. The molecule has 0 saturated heterocycles. The highest BCUT2D eigenvalue weighted by atomic mass is 19.1. The minimum Gasteiger partial charge on any atom is -0.489 e. The molecule has 128 valence electrons. The van der Waals surface area contributed by atoms with Crippen LogP contribution in [0.3, 0.4) is 0 Å². The number of benzene rings is 2. The number of nitrogens with two attached hydrogens (primary N) is 1. The molecule has 2 aromatic rings. The van der Waals surface area contributed by atoms with E-state index < -0.39 is 0 Å². The number of carbonyl (C=O) groups excluding carboxylic acids is 1. The monoisotopic (exact) mass is 331 g/mol. The molecular weight excluding hydrogens is 309 g/mol. The second kappa shape index (κ2) is 9.00. The van der Waals surface area contributed by atoms with Crippen LogP contribution < -0.4 is 21.1 Å². The van der Waals surface area contributed by atoms with Crippen LogP contribution in [0.1, 0.15) is 18.1 Å². The largest absolute Gasteiger partial charge is 0.489 e. The van der Waals surface area contributed by atoms with Crippen molar-refractivity contribution in [3.05, 3.63) is 65.5 Å². The average molecular weight is 331 g/mol. The van der Waals surface area contributed by atoms with Gasteiger partial charge in [-0.05, 0) is 42.3 Å². The zero-order valence-electron chi connectivity index (χ0n) is 13.6. The summed E-state index contributed by atoms with van der Waals surface area (Å²) in [6, 6.07) is 13.6. The van der Waals surface area contributed by atoms with Crippen molar-refractivity contribution in [2.24, 2.45) is 5.73 Å². The Morgan fingerprint density at radius 1 is 1.21 bits per heavy atom. The number of amides is 1. The van der Waals surface area contributed by atoms with E-state index in [0.29, 0.717) is 19.8 Å². The number of primary amides is 1. The summed E-state index contributed by atoms with van der Waals surface area (Å²) in [5.74, 6) is 0.0804. The Bertz CT molecular complexity index is 662. The molecule has 0 heterocycles. The summed E-state index contributed by atoms with van der Waals surface area (Å²) in [6.45, 7) is 3.18. The van der Waals surface area contributed by atoms with Gasteiger partial charge in [0.05, 0.1) is 6.04 Å². The van der Waals surface area contributed by atoms with Crippen LogP contribution in [0.2, 0.25) is 0 Å². The van der Waals surface area contributed by atoms with Crippen molar-refractivity contribution in [1.82, 2.24) is 10.6 Å². The van der Waals surface area contributed by atoms with Crippen molar-refractivity contribution in [3.8, 4) is 5.75 Å². The fraction of sp³-hybridized carbons (Fsp3) is 0.278. The molecule has 0 aromatic heterocycles. The molecule has 0 aliphatic heterocycles. The second-order valence-corrected chi connectivity index (χ2v) is 5.49. The molecule has 0 spiro atoms. The highest BCUT2D eigenvalue weighted by Gasteiger charge is 2.05. The molecule has 0 bridgehead atoms. The van der Waals surface area contributed by atoms with E-state index in [0.717, 1.165) is 16.9 Å². The van der Waals surface area contributed by atoms with Gasteiger partial charge in [0.15, 0.2) is 0 Å². The van der Waals surface area contributed by atoms with Gasteiger partial charge in [-0.2, -0.15) is 0 Å². The van der Waals surface area contributed by atoms with Gasteiger partial charge in [-0.25, -0.2) is 4.39 Å². The van der Waals surface area contributed by atoms with E-state index in [1.807, 2.05) is 30.3 Å². The lowest BCUT2D eigenvalue weighted by Crippen LogP contribution is -2.43. The summed E-state index contributed by atoms with van der Waals surface area (Å²) >= 11 is 0. The highest BCUT2D eigenvalue weighted by Crippen LogP contribution is 2.14. The van der Waals surface area contributed by atoms with Crippen LogP contribution in [0.15, 0.2) is 48.5 Å². The van der Waals surface area contributed by atoms with E-state index in [9.17, 15) is 9.18 Å². The van der Waals surface area contributed by atoms with Gasteiger partial charge in [0.2, 0.25) is 5.91 Å². The van der Waals surface area contributed by atoms with Crippen LogP contribution in [0.4, 0.5) is 4.39 Å². The van der Waals surface area contributed by atoms with Gasteiger partial charge in [-0.3, -0.25) is 10.1 Å². The van der Waals surface area contributed by atoms with E-state index in [4.69, 9.17) is 10.5 Å². The lowest BCUT2D eigenvalue weighted by molar-refractivity contribution is -0.119. The van der Waals surface area contributed by atoms with Crippen molar-refractivity contribution >= 4 is 5.91 Å². The van der Waals surface area contributed by atoms with Crippen LogP contribution in [-0.2, 0) is 17.9 Å². The molecule has 5 nitrogen and oxygen atoms in total. The number of hydrogen-bond donors (Lipinski definition) is 3. The number of ether oxygens (including phenoxy) is 1. The molecule has 1 atom stereocenters. The predicted molar refractivity (Wildman–Crippen MR) is 90.7 cm³/mol. The van der Waals surface area contributed by atoms with Crippen LogP contribution in [0.5, 0.6) is 5.75 Å². The topological polar surface area (TPSA) is 76.4 Å². The molecule has 24 heavy (non-hydrogen) atoms. The van der Waals surface area contributed by atoms with Crippen LogP contribution in [-0.4, -0.2) is 18.6 Å². The summed E-state index contributed by atoms with van der Waals surface area (Å²) in [4.78, 5) is 10.9. The second-order valence-electron chi connectivity index (χ2n) is 5.49. The van der Waals surface area contributed by atoms with Crippen LogP contribution >= 0.6 is 0 Å². The molecular formula is C18H22FN3O2. The van der Waals surface area contributed by atoms with E-state index in [1.54, 1.807) is 13.0 Å². The zero-order chi connectivity index (χ0) is 17.4. The first kappa shape index (κ1) is 17.9.